The number of nitrogens with zero attached hydrogens (tertiary/aromatic N) is 5. The monoisotopic (exact) mass is 1260 g/mol. The summed E-state index contributed by atoms with van der Waals surface area (Å²) in [5.74, 6) is -2.01. The van der Waals surface area contributed by atoms with E-state index in [1.165, 1.54) is 39.1 Å². The van der Waals surface area contributed by atoms with Crippen LogP contribution in [0.1, 0.15) is 160 Å². The molecule has 0 spiro atoms. The molecule has 10 aromatic rings. The zero-order chi connectivity index (χ0) is 65.9. The highest BCUT2D eigenvalue weighted by Gasteiger charge is 2.38. The standard InChI is InChI=1S/C39H36FN3O3.C31H31N3O2.C8H6ClFO/c1-25(2)36(35-30(22-27-12-5-4-6-13-27)23-28-14-7-10-17-34(28)41-35)42(37(44)29-19-18-26(3)33(40)24-29)20-11-21-43-38(45)31-15-8-9-16-32(31)39(43)46;1-21(2)28(32-17-10-18-34-30(35)25-14-7-8-15-26(25)31(34)36)29-24(19-22-11-4-3-5-12-22)20-23-13-6-9-16-27(23)33-29;1-5-2-3-6(8(9)11)4-7(5)10/h4-10,12-19,23-25,36H,11,20-22H2,1-3H3;3-9,11-16,20-21,28,32H,10,17-19H2,1-2H3;2-4H,1H3. The van der Waals surface area contributed by atoms with Gasteiger partial charge in [0.15, 0.2) is 0 Å². The lowest BCUT2D eigenvalue weighted by atomic mass is 9.90. The summed E-state index contributed by atoms with van der Waals surface area (Å²) in [5.41, 5.74) is 11.4. The van der Waals surface area contributed by atoms with Crippen LogP contribution in [0.25, 0.3) is 21.8 Å². The molecule has 472 valence electrons. The van der Waals surface area contributed by atoms with Crippen molar-refractivity contribution in [1.82, 2.24) is 30.0 Å². The summed E-state index contributed by atoms with van der Waals surface area (Å²) < 4.78 is 27.5. The van der Waals surface area contributed by atoms with E-state index in [0.717, 1.165) is 56.8 Å². The van der Waals surface area contributed by atoms with Crippen molar-refractivity contribution in [2.45, 2.75) is 79.3 Å². The lowest BCUT2D eigenvalue weighted by Crippen LogP contribution is -2.41. The lowest BCUT2D eigenvalue weighted by molar-refractivity contribution is 0.0579. The summed E-state index contributed by atoms with van der Waals surface area (Å²) >= 11 is 5.12. The van der Waals surface area contributed by atoms with Crippen molar-refractivity contribution in [3.05, 3.63) is 296 Å². The number of carbonyl (C=O) groups is 6. The van der Waals surface area contributed by atoms with Gasteiger partial charge in [0.05, 0.1) is 56.8 Å². The van der Waals surface area contributed by atoms with Crippen LogP contribution in [-0.4, -0.2) is 85.6 Å². The van der Waals surface area contributed by atoms with E-state index in [-0.39, 0.29) is 65.7 Å². The summed E-state index contributed by atoms with van der Waals surface area (Å²) in [4.78, 5) is 91.1. The molecule has 0 bridgehead atoms. The number of benzene rings is 8. The summed E-state index contributed by atoms with van der Waals surface area (Å²) in [6.45, 7) is 13.2. The fraction of sp³-hybridized carbons (Fsp3) is 0.231. The number of aromatic nitrogens is 2. The molecule has 0 saturated carbocycles. The van der Waals surface area contributed by atoms with Crippen molar-refractivity contribution >= 4 is 68.2 Å². The maximum Gasteiger partial charge on any atom is 0.261 e. The van der Waals surface area contributed by atoms with Gasteiger partial charge in [0.1, 0.15) is 11.6 Å². The largest absolute Gasteiger partial charge is 0.330 e. The first kappa shape index (κ1) is 66.0. The van der Waals surface area contributed by atoms with E-state index in [1.807, 2.05) is 74.5 Å². The van der Waals surface area contributed by atoms with Crippen LogP contribution < -0.4 is 5.32 Å². The Kier molecular flexibility index (Phi) is 21.3. The minimum absolute atomic E-state index is 0.0514. The number of nitrogens with one attached hydrogen (secondary N) is 1. The molecule has 0 fully saturated rings. The molecule has 93 heavy (non-hydrogen) atoms. The molecule has 2 aliphatic heterocycles. The molecule has 8 aromatic carbocycles. The van der Waals surface area contributed by atoms with E-state index >= 15 is 0 Å². The van der Waals surface area contributed by atoms with Gasteiger partial charge in [0.25, 0.3) is 34.8 Å². The van der Waals surface area contributed by atoms with Crippen molar-refractivity contribution in [1.29, 1.82) is 0 Å². The quantitative estimate of drug-likeness (QED) is 0.0447. The molecule has 0 aliphatic carbocycles. The van der Waals surface area contributed by atoms with Crippen LogP contribution in [0.15, 0.2) is 206 Å². The molecule has 1 N–H and O–H groups in total. The molecule has 5 amide bonds. The van der Waals surface area contributed by atoms with E-state index in [0.29, 0.717) is 71.7 Å². The molecule has 12 rings (SSSR count). The fourth-order valence-electron chi connectivity index (χ4n) is 12.0. The van der Waals surface area contributed by atoms with Gasteiger partial charge < -0.3 is 10.2 Å². The lowest BCUT2D eigenvalue weighted by Gasteiger charge is -2.36. The number of imide groups is 2. The van der Waals surface area contributed by atoms with Gasteiger partial charge in [0, 0.05) is 41.5 Å². The predicted octanol–water partition coefficient (Wildman–Crippen LogP) is 16.1. The summed E-state index contributed by atoms with van der Waals surface area (Å²) in [6.07, 6.45) is 2.45. The zero-order valence-electron chi connectivity index (χ0n) is 52.9. The zero-order valence-corrected chi connectivity index (χ0v) is 53.7. The van der Waals surface area contributed by atoms with E-state index in [2.05, 4.69) is 79.8 Å². The molecule has 0 radical (unpaired) electrons. The Labute approximate surface area is 546 Å². The normalized spacial score (nSPS) is 13.2. The first-order valence-corrected chi connectivity index (χ1v) is 31.8. The number of pyridine rings is 2. The van der Waals surface area contributed by atoms with E-state index in [4.69, 9.17) is 21.6 Å². The van der Waals surface area contributed by atoms with Gasteiger partial charge in [-0.1, -0.05) is 161 Å². The second-order valence-corrected chi connectivity index (χ2v) is 24.5. The Balaban J connectivity index is 0.000000178. The van der Waals surface area contributed by atoms with Crippen molar-refractivity contribution in [2.24, 2.45) is 11.8 Å². The van der Waals surface area contributed by atoms with Gasteiger partial charge in [-0.2, -0.15) is 0 Å². The van der Waals surface area contributed by atoms with Crippen molar-refractivity contribution in [2.75, 3.05) is 26.2 Å². The highest BCUT2D eigenvalue weighted by atomic mass is 35.5. The molecule has 2 unspecified atom stereocenters. The first-order valence-electron chi connectivity index (χ1n) is 31.4. The fourth-order valence-corrected chi connectivity index (χ4v) is 12.1. The first-order chi connectivity index (χ1) is 44.9. The summed E-state index contributed by atoms with van der Waals surface area (Å²) in [7, 11) is 0. The number of amides is 5. The van der Waals surface area contributed by atoms with Crippen LogP contribution in [-0.2, 0) is 12.8 Å². The highest BCUT2D eigenvalue weighted by molar-refractivity contribution is 6.67. The van der Waals surface area contributed by atoms with Gasteiger partial charge in [0.2, 0.25) is 0 Å². The summed E-state index contributed by atoms with van der Waals surface area (Å²) in [5, 5.41) is 5.20. The van der Waals surface area contributed by atoms with Crippen LogP contribution in [0.5, 0.6) is 0 Å². The molecule has 2 atom stereocenters. The number of rotatable bonds is 20. The van der Waals surface area contributed by atoms with Crippen LogP contribution in [0, 0.1) is 37.3 Å². The minimum atomic E-state index is -0.635. The van der Waals surface area contributed by atoms with Gasteiger partial charge in [-0.05, 0) is 176 Å². The van der Waals surface area contributed by atoms with Gasteiger partial charge in [-0.3, -0.25) is 48.5 Å². The van der Waals surface area contributed by atoms with Gasteiger partial charge >= 0.3 is 0 Å². The van der Waals surface area contributed by atoms with E-state index < -0.39 is 22.9 Å². The molecule has 2 aliphatic rings. The Morgan fingerprint density at radius 2 is 0.903 bits per heavy atom. The Bertz CT molecular complexity index is 4340. The Morgan fingerprint density at radius 1 is 0.495 bits per heavy atom. The van der Waals surface area contributed by atoms with Crippen molar-refractivity contribution < 1.29 is 37.5 Å². The molecule has 12 nitrogen and oxygen atoms in total. The molecule has 2 aromatic heterocycles. The van der Waals surface area contributed by atoms with E-state index in [9.17, 15) is 37.5 Å². The second kappa shape index (κ2) is 30.0. The highest BCUT2D eigenvalue weighted by Crippen LogP contribution is 2.36. The number of hydrogen-bond acceptors (Lipinski definition) is 9. The molecular formula is C78H73ClF2N6O6. The van der Waals surface area contributed by atoms with Crippen LogP contribution in [0.3, 0.4) is 0 Å². The number of hydrogen-bond donors (Lipinski definition) is 1. The topological polar surface area (TPSA) is 150 Å². The number of aryl methyl sites for hydroxylation is 2. The molecule has 15 heteroatoms. The van der Waals surface area contributed by atoms with Crippen LogP contribution in [0.4, 0.5) is 8.78 Å². The van der Waals surface area contributed by atoms with E-state index in [1.54, 1.807) is 79.4 Å². The molecular weight excluding hydrogens is 1190 g/mol. The van der Waals surface area contributed by atoms with Crippen LogP contribution >= 0.6 is 11.6 Å². The average molecular weight is 1260 g/mol. The third-order valence-electron chi connectivity index (χ3n) is 16.9. The third-order valence-corrected chi connectivity index (χ3v) is 17.1. The number of para-hydroxylation sites is 2. The number of carbonyl (C=O) groups excluding carboxylic acids is 6. The minimum Gasteiger partial charge on any atom is -0.330 e. The average Bonchev–Trinajstić information content (AvgIpc) is 1.67. The second-order valence-electron chi connectivity index (χ2n) is 24.2. The smallest absolute Gasteiger partial charge is 0.261 e. The number of halogens is 3. The number of fused-ring (bicyclic) bond motifs is 4. The van der Waals surface area contributed by atoms with Crippen molar-refractivity contribution in [3.63, 3.8) is 0 Å². The summed E-state index contributed by atoms with van der Waals surface area (Å²) in [6, 6.07) is 63.3. The van der Waals surface area contributed by atoms with Crippen molar-refractivity contribution in [3.8, 4) is 0 Å². The maximum atomic E-state index is 14.8. The van der Waals surface area contributed by atoms with Gasteiger partial charge in [-0.25, -0.2) is 8.78 Å². The third kappa shape index (κ3) is 15.4. The SMILES string of the molecule is CC(C)C(NCCCN1C(=O)c2ccccc2C1=O)c1nc2ccccc2cc1Cc1ccccc1.Cc1ccc(C(=O)Cl)cc1F.Cc1ccc(C(=O)N(CCCN2C(=O)c3ccccc3C2=O)C(c2nc3ccccc3cc2Cc2ccccc2)C(C)C)cc1F. The Morgan fingerprint density at radius 3 is 1.35 bits per heavy atom. The molecule has 4 heterocycles. The predicted molar refractivity (Wildman–Crippen MR) is 361 cm³/mol. The maximum absolute atomic E-state index is 14.8. The molecule has 0 saturated heterocycles. The Hall–Kier alpha value is -9.89. The van der Waals surface area contributed by atoms with Gasteiger partial charge in [-0.15, -0.1) is 0 Å². The van der Waals surface area contributed by atoms with Crippen LogP contribution in [0.2, 0.25) is 0 Å².